The summed E-state index contributed by atoms with van der Waals surface area (Å²) >= 11 is 0. The molecule has 2 heterocycles. The summed E-state index contributed by atoms with van der Waals surface area (Å²) in [7, 11) is 0. The van der Waals surface area contributed by atoms with Gasteiger partial charge in [0.15, 0.2) is 5.78 Å². The van der Waals surface area contributed by atoms with Crippen LogP contribution in [0.25, 0.3) is 0 Å². The number of aromatic nitrogens is 1. The molecule has 5 nitrogen and oxygen atoms in total. The summed E-state index contributed by atoms with van der Waals surface area (Å²) in [5, 5.41) is 9.42. The number of nitriles is 1. The monoisotopic (exact) mass is 325 g/mol. The summed E-state index contributed by atoms with van der Waals surface area (Å²) in [5.41, 5.74) is 0.477. The second-order valence-corrected chi connectivity index (χ2v) is 6.81. The Morgan fingerprint density at radius 2 is 2.00 bits per heavy atom. The zero-order valence-electron chi connectivity index (χ0n) is 13.9. The van der Waals surface area contributed by atoms with Crippen LogP contribution in [-0.2, 0) is 9.59 Å². The molecule has 24 heavy (non-hydrogen) atoms. The van der Waals surface area contributed by atoms with Gasteiger partial charge in [0.05, 0.1) is 11.8 Å². The lowest BCUT2D eigenvalue weighted by molar-refractivity contribution is -0.130. The fourth-order valence-electron chi connectivity index (χ4n) is 3.90. The Kier molecular flexibility index (Phi) is 5.24. The zero-order valence-corrected chi connectivity index (χ0v) is 13.9. The van der Waals surface area contributed by atoms with E-state index in [-0.39, 0.29) is 30.1 Å². The van der Waals surface area contributed by atoms with Crippen LogP contribution >= 0.6 is 0 Å². The first kappa shape index (κ1) is 16.6. The standard InChI is InChI=1S/C19H23N3O2/c20-12-16(17-9-5-6-10-21-17)19(24)14-11-18(23)22(13-14)15-7-3-1-2-4-8-15/h5-6,9-10,14-16H,1-4,7-8,11,13H2. The number of carbonyl (C=O) groups is 2. The van der Waals surface area contributed by atoms with Crippen molar-refractivity contribution in [2.24, 2.45) is 5.92 Å². The van der Waals surface area contributed by atoms with Crippen molar-refractivity contribution in [3.63, 3.8) is 0 Å². The molecule has 0 aromatic carbocycles. The molecule has 5 heteroatoms. The van der Waals surface area contributed by atoms with Crippen LogP contribution in [0, 0.1) is 17.2 Å². The molecule has 1 saturated carbocycles. The second-order valence-electron chi connectivity index (χ2n) is 6.81. The zero-order chi connectivity index (χ0) is 16.9. The van der Waals surface area contributed by atoms with Crippen molar-refractivity contribution in [1.29, 1.82) is 5.26 Å². The molecule has 1 saturated heterocycles. The van der Waals surface area contributed by atoms with Gasteiger partial charge in [-0.15, -0.1) is 0 Å². The van der Waals surface area contributed by atoms with Crippen LogP contribution in [0.3, 0.4) is 0 Å². The highest BCUT2D eigenvalue weighted by Gasteiger charge is 2.40. The van der Waals surface area contributed by atoms with Crippen molar-refractivity contribution < 1.29 is 9.59 Å². The Labute approximate surface area is 142 Å². The van der Waals surface area contributed by atoms with Crippen molar-refractivity contribution >= 4 is 11.7 Å². The number of nitrogens with zero attached hydrogens (tertiary/aromatic N) is 3. The topological polar surface area (TPSA) is 74.1 Å². The van der Waals surface area contributed by atoms with Crippen molar-refractivity contribution in [3.8, 4) is 6.07 Å². The number of amides is 1. The van der Waals surface area contributed by atoms with Gasteiger partial charge in [-0.2, -0.15) is 5.26 Å². The lowest BCUT2D eigenvalue weighted by Crippen LogP contribution is -2.37. The molecule has 3 rings (SSSR count). The van der Waals surface area contributed by atoms with Gasteiger partial charge in [-0.3, -0.25) is 14.6 Å². The summed E-state index contributed by atoms with van der Waals surface area (Å²) in [5.74, 6) is -1.36. The van der Waals surface area contributed by atoms with Crippen LogP contribution in [0.15, 0.2) is 24.4 Å². The van der Waals surface area contributed by atoms with E-state index >= 15 is 0 Å². The molecule has 1 aromatic heterocycles. The molecule has 0 bridgehead atoms. The fraction of sp³-hybridized carbons (Fsp3) is 0.579. The van der Waals surface area contributed by atoms with E-state index in [1.54, 1.807) is 24.4 Å². The van der Waals surface area contributed by atoms with E-state index in [0.717, 1.165) is 25.7 Å². The normalized spacial score (nSPS) is 23.5. The van der Waals surface area contributed by atoms with Gasteiger partial charge in [0.2, 0.25) is 5.91 Å². The maximum Gasteiger partial charge on any atom is 0.223 e. The highest BCUT2D eigenvalue weighted by molar-refractivity contribution is 5.95. The molecule has 0 spiro atoms. The van der Waals surface area contributed by atoms with E-state index in [9.17, 15) is 14.9 Å². The highest BCUT2D eigenvalue weighted by Crippen LogP contribution is 2.31. The lowest BCUT2D eigenvalue weighted by atomic mass is 9.90. The van der Waals surface area contributed by atoms with Crippen LogP contribution in [0.1, 0.15) is 56.6 Å². The Hall–Kier alpha value is -2.22. The van der Waals surface area contributed by atoms with Crippen LogP contribution in [0.4, 0.5) is 0 Å². The van der Waals surface area contributed by atoms with Crippen molar-refractivity contribution in [2.75, 3.05) is 6.54 Å². The predicted octanol–water partition coefficient (Wildman–Crippen LogP) is 2.83. The average molecular weight is 325 g/mol. The molecule has 2 fully saturated rings. The Morgan fingerprint density at radius 3 is 2.62 bits per heavy atom. The van der Waals surface area contributed by atoms with Gasteiger partial charge in [0.25, 0.3) is 0 Å². The summed E-state index contributed by atoms with van der Waals surface area (Å²) < 4.78 is 0. The van der Waals surface area contributed by atoms with E-state index in [1.165, 1.54) is 12.8 Å². The first-order valence-electron chi connectivity index (χ1n) is 8.84. The van der Waals surface area contributed by atoms with Gasteiger partial charge < -0.3 is 4.90 Å². The van der Waals surface area contributed by atoms with E-state index < -0.39 is 5.92 Å². The third-order valence-electron chi connectivity index (χ3n) is 5.22. The van der Waals surface area contributed by atoms with E-state index in [1.807, 2.05) is 4.90 Å². The first-order valence-corrected chi connectivity index (χ1v) is 8.84. The van der Waals surface area contributed by atoms with E-state index in [2.05, 4.69) is 11.1 Å². The van der Waals surface area contributed by atoms with Crippen molar-refractivity contribution in [2.45, 2.75) is 56.9 Å². The number of ketones is 1. The molecule has 0 radical (unpaired) electrons. The molecule has 2 aliphatic rings. The number of likely N-dealkylation sites (tertiary alicyclic amines) is 1. The van der Waals surface area contributed by atoms with Crippen molar-refractivity contribution in [1.82, 2.24) is 9.88 Å². The smallest absolute Gasteiger partial charge is 0.223 e. The Bertz CT molecular complexity index is 630. The highest BCUT2D eigenvalue weighted by atomic mass is 16.2. The van der Waals surface area contributed by atoms with E-state index in [4.69, 9.17) is 0 Å². The maximum atomic E-state index is 12.8. The Balaban J connectivity index is 1.70. The predicted molar refractivity (Wildman–Crippen MR) is 88.9 cm³/mol. The van der Waals surface area contributed by atoms with Crippen molar-refractivity contribution in [3.05, 3.63) is 30.1 Å². The quantitative estimate of drug-likeness (QED) is 0.798. The van der Waals surface area contributed by atoms with Gasteiger partial charge in [-0.25, -0.2) is 0 Å². The largest absolute Gasteiger partial charge is 0.339 e. The second kappa shape index (κ2) is 7.57. The fourth-order valence-corrected chi connectivity index (χ4v) is 3.90. The Morgan fingerprint density at radius 1 is 1.25 bits per heavy atom. The number of pyridine rings is 1. The third-order valence-corrected chi connectivity index (χ3v) is 5.22. The molecular formula is C19H23N3O2. The maximum absolute atomic E-state index is 12.8. The van der Waals surface area contributed by atoms with Crippen LogP contribution < -0.4 is 0 Å². The summed E-state index contributed by atoms with van der Waals surface area (Å²) in [4.78, 5) is 31.2. The molecule has 1 aliphatic heterocycles. The minimum atomic E-state index is -0.877. The lowest BCUT2D eigenvalue weighted by Gasteiger charge is -2.27. The number of hydrogen-bond donors (Lipinski definition) is 0. The van der Waals surface area contributed by atoms with Gasteiger partial charge in [0.1, 0.15) is 5.92 Å². The minimum absolute atomic E-state index is 0.0676. The molecule has 1 aromatic rings. The number of hydrogen-bond acceptors (Lipinski definition) is 4. The summed E-state index contributed by atoms with van der Waals surface area (Å²) in [6.45, 7) is 0.466. The molecule has 2 unspecified atom stereocenters. The van der Waals surface area contributed by atoms with Gasteiger partial charge in [-0.05, 0) is 25.0 Å². The number of rotatable bonds is 4. The SMILES string of the molecule is N#CC(C(=O)C1CC(=O)N(C2CCCCCC2)C1)c1ccccn1. The first-order chi connectivity index (χ1) is 11.7. The summed E-state index contributed by atoms with van der Waals surface area (Å²) in [6, 6.07) is 7.58. The molecule has 0 N–H and O–H groups in total. The molecule has 1 aliphatic carbocycles. The molecule has 1 amide bonds. The van der Waals surface area contributed by atoms with E-state index in [0.29, 0.717) is 12.2 Å². The number of carbonyl (C=O) groups excluding carboxylic acids is 2. The number of Topliss-reactive ketones (excluding diaryl/α,β-unsaturated/α-hetero) is 1. The molecule has 126 valence electrons. The third kappa shape index (κ3) is 3.48. The minimum Gasteiger partial charge on any atom is -0.339 e. The van der Waals surface area contributed by atoms with Crippen LogP contribution in [0.5, 0.6) is 0 Å². The summed E-state index contributed by atoms with van der Waals surface area (Å²) in [6.07, 6.45) is 8.67. The van der Waals surface area contributed by atoms with Gasteiger partial charge >= 0.3 is 0 Å². The van der Waals surface area contributed by atoms with Crippen LogP contribution in [0.2, 0.25) is 0 Å². The van der Waals surface area contributed by atoms with Gasteiger partial charge in [-0.1, -0.05) is 31.7 Å². The molecule has 2 atom stereocenters. The van der Waals surface area contributed by atoms with Gasteiger partial charge in [0, 0.05) is 31.1 Å². The average Bonchev–Trinajstić information content (AvgIpc) is 2.82. The molecular weight excluding hydrogens is 302 g/mol. The van der Waals surface area contributed by atoms with Crippen LogP contribution in [-0.4, -0.2) is 34.2 Å².